The lowest BCUT2D eigenvalue weighted by molar-refractivity contribution is -0.660. The zero-order valence-corrected chi connectivity index (χ0v) is 22.2. The molecule has 2 heterocycles. The van der Waals surface area contributed by atoms with E-state index in [0.717, 1.165) is 17.6 Å². The Kier molecular flexibility index (Phi) is 4.75. The van der Waals surface area contributed by atoms with Gasteiger partial charge in [0.2, 0.25) is 5.69 Å². The summed E-state index contributed by atoms with van der Waals surface area (Å²) in [6, 6.07) is 18.3. The lowest BCUT2D eigenvalue weighted by atomic mass is 9.62. The van der Waals surface area contributed by atoms with Crippen LogP contribution in [0.5, 0.6) is 0 Å². The van der Waals surface area contributed by atoms with Gasteiger partial charge in [0.15, 0.2) is 6.20 Å². The molecule has 0 N–H and O–H groups in total. The van der Waals surface area contributed by atoms with E-state index < -0.39 is 0 Å². The number of aryl methyl sites for hydroxylation is 3. The molecule has 0 unspecified atom stereocenters. The van der Waals surface area contributed by atoms with Gasteiger partial charge in [-0.3, -0.25) is 0 Å². The van der Waals surface area contributed by atoms with Crippen molar-refractivity contribution >= 4 is 32.7 Å². The van der Waals surface area contributed by atoms with E-state index in [2.05, 4.69) is 108 Å². The van der Waals surface area contributed by atoms with Crippen LogP contribution in [0.25, 0.3) is 44.0 Å². The van der Waals surface area contributed by atoms with E-state index in [0.29, 0.717) is 0 Å². The second-order valence-corrected chi connectivity index (χ2v) is 11.9. The molecule has 1 aliphatic carbocycles. The van der Waals surface area contributed by atoms with E-state index in [1.807, 2.05) is 0 Å². The Morgan fingerprint density at radius 2 is 1.63 bits per heavy atom. The molecule has 0 aliphatic heterocycles. The number of pyridine rings is 1. The van der Waals surface area contributed by atoms with Gasteiger partial charge in [-0.25, -0.2) is 4.57 Å². The van der Waals surface area contributed by atoms with Gasteiger partial charge in [-0.05, 0) is 82.7 Å². The van der Waals surface area contributed by atoms with Gasteiger partial charge in [0, 0.05) is 22.4 Å². The molecule has 0 saturated heterocycles. The van der Waals surface area contributed by atoms with Crippen LogP contribution in [0.4, 0.5) is 0 Å². The maximum atomic E-state index is 6.74. The van der Waals surface area contributed by atoms with Crippen LogP contribution in [0, 0.1) is 6.92 Å². The van der Waals surface area contributed by atoms with Crippen LogP contribution in [0.3, 0.4) is 0 Å². The zero-order valence-electron chi connectivity index (χ0n) is 22.2. The van der Waals surface area contributed by atoms with Gasteiger partial charge in [0.1, 0.15) is 18.2 Å². The molecule has 6 rings (SSSR count). The lowest BCUT2D eigenvalue weighted by Crippen LogP contribution is -2.34. The van der Waals surface area contributed by atoms with Gasteiger partial charge >= 0.3 is 0 Å². The summed E-state index contributed by atoms with van der Waals surface area (Å²) in [6.45, 7) is 14.0. The average molecular weight is 463 g/mol. The number of fused-ring (bicyclic) bond motifs is 6. The number of aromatic nitrogens is 1. The summed E-state index contributed by atoms with van der Waals surface area (Å²) in [5.74, 6) is 0. The quantitative estimate of drug-likeness (QED) is 0.241. The first kappa shape index (κ1) is 22.3. The molecule has 35 heavy (non-hydrogen) atoms. The van der Waals surface area contributed by atoms with Crippen LogP contribution < -0.4 is 4.57 Å². The Bertz CT molecular complexity index is 1650. The van der Waals surface area contributed by atoms with Gasteiger partial charge in [0.05, 0.1) is 5.56 Å². The highest BCUT2D eigenvalue weighted by molar-refractivity contribution is 6.13. The minimum absolute atomic E-state index is 0.153. The minimum atomic E-state index is 0.153. The molecule has 0 amide bonds. The van der Waals surface area contributed by atoms with Crippen LogP contribution >= 0.6 is 0 Å². The van der Waals surface area contributed by atoms with Gasteiger partial charge in [-0.1, -0.05) is 58.9 Å². The Balaban J connectivity index is 1.67. The van der Waals surface area contributed by atoms with Crippen molar-refractivity contribution in [1.82, 2.24) is 0 Å². The van der Waals surface area contributed by atoms with Crippen LogP contribution in [-0.4, -0.2) is 0 Å². The molecule has 178 valence electrons. The molecule has 0 saturated carbocycles. The van der Waals surface area contributed by atoms with Crippen molar-refractivity contribution in [2.24, 2.45) is 7.05 Å². The molecule has 1 aliphatic rings. The molecule has 3 aromatic carbocycles. The van der Waals surface area contributed by atoms with E-state index in [1.165, 1.54) is 67.9 Å². The third-order valence-corrected chi connectivity index (χ3v) is 8.63. The number of hydrogen-bond donors (Lipinski definition) is 0. The molecule has 5 aromatic rings. The highest BCUT2D eigenvalue weighted by atomic mass is 16.3. The first-order valence-electron chi connectivity index (χ1n) is 13.0. The molecule has 2 nitrogen and oxygen atoms in total. The fraction of sp³-hybridized carbons (Fsp3) is 0.364. The smallest absolute Gasteiger partial charge is 0.216 e. The van der Waals surface area contributed by atoms with Crippen molar-refractivity contribution in [2.75, 3.05) is 0 Å². The standard InChI is InChI=1S/C33H36NO/c1-8-21-10-14-27(34(7)19-21)29-20(2)9-12-23-25-17-22-11-13-26-30(24(22)18-28(25)35-31(23)29)33(5,6)16-15-32(26,3)4/h9-14,17-19H,8,15-16H2,1-7H3/q+1. The number of rotatable bonds is 2. The molecule has 0 spiro atoms. The summed E-state index contributed by atoms with van der Waals surface area (Å²) < 4.78 is 8.98. The number of benzene rings is 3. The van der Waals surface area contributed by atoms with Crippen molar-refractivity contribution in [2.45, 2.75) is 71.6 Å². The maximum absolute atomic E-state index is 6.74. The van der Waals surface area contributed by atoms with Gasteiger partial charge in [-0.2, -0.15) is 0 Å². The van der Waals surface area contributed by atoms with Crippen LogP contribution in [0.2, 0.25) is 0 Å². The maximum Gasteiger partial charge on any atom is 0.216 e. The minimum Gasteiger partial charge on any atom is -0.455 e. The SMILES string of the molecule is CCc1ccc(-c2c(C)ccc3c2oc2cc4c5c(ccc4cc23)C(C)(C)CCC5(C)C)[n+](C)c1. The third kappa shape index (κ3) is 3.26. The molecule has 0 radical (unpaired) electrons. The summed E-state index contributed by atoms with van der Waals surface area (Å²) >= 11 is 0. The molecule has 2 heteroatoms. The van der Waals surface area contributed by atoms with Gasteiger partial charge < -0.3 is 4.42 Å². The summed E-state index contributed by atoms with van der Waals surface area (Å²) in [6.07, 6.45) is 5.70. The Morgan fingerprint density at radius 3 is 2.37 bits per heavy atom. The Hall–Kier alpha value is -3.13. The molecule has 0 atom stereocenters. The summed E-state index contributed by atoms with van der Waals surface area (Å²) in [4.78, 5) is 0. The predicted octanol–water partition coefficient (Wildman–Crippen LogP) is 8.45. The van der Waals surface area contributed by atoms with Crippen molar-refractivity contribution < 1.29 is 8.98 Å². The highest BCUT2D eigenvalue weighted by Crippen LogP contribution is 2.49. The van der Waals surface area contributed by atoms with Gasteiger partial charge in [-0.15, -0.1) is 0 Å². The molecule has 2 aromatic heterocycles. The van der Waals surface area contributed by atoms with E-state index >= 15 is 0 Å². The van der Waals surface area contributed by atoms with E-state index in [9.17, 15) is 0 Å². The van der Waals surface area contributed by atoms with Crippen LogP contribution in [0.15, 0.2) is 59.1 Å². The van der Waals surface area contributed by atoms with E-state index in [4.69, 9.17) is 4.42 Å². The van der Waals surface area contributed by atoms with Crippen molar-refractivity contribution in [3.63, 3.8) is 0 Å². The predicted molar refractivity (Wildman–Crippen MR) is 147 cm³/mol. The van der Waals surface area contributed by atoms with Crippen molar-refractivity contribution in [1.29, 1.82) is 0 Å². The molecule has 0 bridgehead atoms. The second-order valence-electron chi connectivity index (χ2n) is 11.9. The fourth-order valence-corrected chi connectivity index (χ4v) is 6.39. The van der Waals surface area contributed by atoms with Crippen molar-refractivity contribution in [3.8, 4) is 11.3 Å². The summed E-state index contributed by atoms with van der Waals surface area (Å²) in [5, 5.41) is 5.06. The highest BCUT2D eigenvalue weighted by Gasteiger charge is 2.38. The number of nitrogens with zero attached hydrogens (tertiary/aromatic N) is 1. The average Bonchev–Trinajstić information content (AvgIpc) is 3.17. The first-order chi connectivity index (χ1) is 16.6. The topological polar surface area (TPSA) is 17.0 Å². The normalized spacial score (nSPS) is 16.8. The second kappa shape index (κ2) is 7.43. The fourth-order valence-electron chi connectivity index (χ4n) is 6.39. The third-order valence-electron chi connectivity index (χ3n) is 8.63. The van der Waals surface area contributed by atoms with Gasteiger partial charge in [0.25, 0.3) is 0 Å². The van der Waals surface area contributed by atoms with Crippen LogP contribution in [-0.2, 0) is 24.3 Å². The number of furan rings is 1. The Labute approximate surface area is 208 Å². The Morgan fingerprint density at radius 1 is 0.857 bits per heavy atom. The zero-order chi connectivity index (χ0) is 24.7. The first-order valence-corrected chi connectivity index (χ1v) is 13.0. The lowest BCUT2D eigenvalue weighted by Gasteiger charge is -2.42. The summed E-state index contributed by atoms with van der Waals surface area (Å²) in [7, 11) is 2.14. The van der Waals surface area contributed by atoms with E-state index in [1.54, 1.807) is 0 Å². The molecular formula is C33H36NO+. The summed E-state index contributed by atoms with van der Waals surface area (Å²) in [5.41, 5.74) is 10.3. The van der Waals surface area contributed by atoms with E-state index in [-0.39, 0.29) is 10.8 Å². The molecular weight excluding hydrogens is 426 g/mol. The molecule has 0 fully saturated rings. The number of hydrogen-bond acceptors (Lipinski definition) is 1. The largest absolute Gasteiger partial charge is 0.455 e. The van der Waals surface area contributed by atoms with Crippen molar-refractivity contribution in [3.05, 3.63) is 77.0 Å². The monoisotopic (exact) mass is 462 g/mol. The van der Waals surface area contributed by atoms with Crippen LogP contribution in [0.1, 0.15) is 69.7 Å².